The molecule has 0 radical (unpaired) electrons. The highest BCUT2D eigenvalue weighted by molar-refractivity contribution is 7.10. The van der Waals surface area contributed by atoms with E-state index >= 15 is 0 Å². The predicted octanol–water partition coefficient (Wildman–Crippen LogP) is 1.50. The molecule has 48 valence electrons. The van der Waals surface area contributed by atoms with Crippen LogP contribution in [-0.4, -0.2) is 10.9 Å². The molecule has 1 aromatic heterocycles. The molecule has 2 heterocycles. The normalized spacial score (nSPS) is 16.4. The Bertz CT molecular complexity index is 186. The van der Waals surface area contributed by atoms with Gasteiger partial charge in [0.15, 0.2) is 0 Å². The first-order valence-electron chi connectivity index (χ1n) is 3.14. The van der Waals surface area contributed by atoms with Crippen molar-refractivity contribution in [2.24, 2.45) is 0 Å². The lowest BCUT2D eigenvalue weighted by molar-refractivity contribution is 0.836. The maximum atomic E-state index is 4.08. The SMILES string of the molecule is c1nsc2c1CCCN2. The minimum absolute atomic E-state index is 1.12. The Hall–Kier alpha value is -0.570. The number of aromatic nitrogens is 1. The first-order valence-corrected chi connectivity index (χ1v) is 3.91. The largest absolute Gasteiger partial charge is 0.375 e. The summed E-state index contributed by atoms with van der Waals surface area (Å²) in [5.41, 5.74) is 1.39. The van der Waals surface area contributed by atoms with Gasteiger partial charge in [-0.2, -0.15) is 4.37 Å². The molecule has 0 atom stereocenters. The summed E-state index contributed by atoms with van der Waals surface area (Å²) < 4.78 is 4.08. The van der Waals surface area contributed by atoms with Gasteiger partial charge in [0.25, 0.3) is 0 Å². The molecule has 0 amide bonds. The average Bonchev–Trinajstić information content (AvgIpc) is 2.33. The van der Waals surface area contributed by atoms with E-state index in [4.69, 9.17) is 0 Å². The number of nitrogens with zero attached hydrogens (tertiary/aromatic N) is 1. The first kappa shape index (κ1) is 5.23. The molecule has 0 unspecified atom stereocenters. The van der Waals surface area contributed by atoms with E-state index in [1.165, 1.54) is 23.4 Å². The summed E-state index contributed by atoms with van der Waals surface area (Å²) in [6.07, 6.45) is 4.43. The molecule has 1 aromatic rings. The monoisotopic (exact) mass is 140 g/mol. The van der Waals surface area contributed by atoms with Crippen molar-refractivity contribution in [3.05, 3.63) is 11.8 Å². The lowest BCUT2D eigenvalue weighted by Gasteiger charge is -2.10. The van der Waals surface area contributed by atoms with Crippen molar-refractivity contribution in [3.63, 3.8) is 0 Å². The van der Waals surface area contributed by atoms with E-state index in [1.54, 1.807) is 11.5 Å². The van der Waals surface area contributed by atoms with E-state index in [2.05, 4.69) is 9.69 Å². The molecule has 0 saturated heterocycles. The Morgan fingerprint density at radius 2 is 2.67 bits per heavy atom. The lowest BCUT2D eigenvalue weighted by atomic mass is 10.1. The summed E-state index contributed by atoms with van der Waals surface area (Å²) in [4.78, 5) is 0. The van der Waals surface area contributed by atoms with Crippen LogP contribution in [0.2, 0.25) is 0 Å². The van der Waals surface area contributed by atoms with E-state index in [9.17, 15) is 0 Å². The van der Waals surface area contributed by atoms with Crippen LogP contribution in [0.3, 0.4) is 0 Å². The molecule has 2 nitrogen and oxygen atoms in total. The van der Waals surface area contributed by atoms with Gasteiger partial charge in [0.2, 0.25) is 0 Å². The van der Waals surface area contributed by atoms with Crippen LogP contribution < -0.4 is 5.32 Å². The van der Waals surface area contributed by atoms with Crippen LogP contribution in [0.4, 0.5) is 5.00 Å². The quantitative estimate of drug-likeness (QED) is 0.590. The molecule has 9 heavy (non-hydrogen) atoms. The molecule has 1 N–H and O–H groups in total. The number of fused-ring (bicyclic) bond motifs is 1. The van der Waals surface area contributed by atoms with E-state index in [0.717, 1.165) is 6.54 Å². The molecular formula is C6H8N2S. The minimum atomic E-state index is 1.12. The molecular weight excluding hydrogens is 132 g/mol. The first-order chi connectivity index (χ1) is 4.47. The molecule has 1 aliphatic rings. The second-order valence-electron chi connectivity index (χ2n) is 2.21. The van der Waals surface area contributed by atoms with E-state index < -0.39 is 0 Å². The number of nitrogens with one attached hydrogen (secondary N) is 1. The Morgan fingerprint density at radius 1 is 1.67 bits per heavy atom. The van der Waals surface area contributed by atoms with Gasteiger partial charge in [-0.15, -0.1) is 0 Å². The summed E-state index contributed by atoms with van der Waals surface area (Å²) in [6, 6.07) is 0. The molecule has 0 fully saturated rings. The van der Waals surface area contributed by atoms with E-state index in [-0.39, 0.29) is 0 Å². The number of aryl methyl sites for hydroxylation is 1. The molecule has 0 bridgehead atoms. The van der Waals surface area contributed by atoms with Gasteiger partial charge in [-0.25, -0.2) is 0 Å². The maximum absolute atomic E-state index is 4.08. The van der Waals surface area contributed by atoms with Gasteiger partial charge in [-0.05, 0) is 24.4 Å². The second-order valence-corrected chi connectivity index (χ2v) is 3.01. The van der Waals surface area contributed by atoms with Crippen LogP contribution >= 0.6 is 11.5 Å². The van der Waals surface area contributed by atoms with Crippen molar-refractivity contribution >= 4 is 16.5 Å². The Labute approximate surface area is 58.1 Å². The standard InChI is InChI=1S/C6H8N2S/c1-2-5-4-8-9-6(5)7-3-1/h4,7H,1-3H2. The van der Waals surface area contributed by atoms with Gasteiger partial charge in [0, 0.05) is 18.3 Å². The molecule has 0 saturated carbocycles. The van der Waals surface area contributed by atoms with E-state index in [0.29, 0.717) is 0 Å². The molecule has 3 heteroatoms. The zero-order valence-electron chi connectivity index (χ0n) is 5.05. The summed E-state index contributed by atoms with van der Waals surface area (Å²) >= 11 is 1.56. The van der Waals surface area contributed by atoms with Gasteiger partial charge in [0.1, 0.15) is 5.00 Å². The van der Waals surface area contributed by atoms with Crippen LogP contribution in [0.15, 0.2) is 6.20 Å². The molecule has 2 rings (SSSR count). The van der Waals surface area contributed by atoms with Crippen LogP contribution in [-0.2, 0) is 6.42 Å². The fourth-order valence-electron chi connectivity index (χ4n) is 1.06. The summed E-state index contributed by atoms with van der Waals surface area (Å²) in [5, 5.41) is 4.58. The average molecular weight is 140 g/mol. The Balaban J connectivity index is 2.39. The van der Waals surface area contributed by atoms with Crippen molar-refractivity contribution in [2.75, 3.05) is 11.9 Å². The Kier molecular flexibility index (Phi) is 1.16. The zero-order valence-corrected chi connectivity index (χ0v) is 5.87. The summed E-state index contributed by atoms with van der Waals surface area (Å²) in [7, 11) is 0. The van der Waals surface area contributed by atoms with Gasteiger partial charge < -0.3 is 5.32 Å². The van der Waals surface area contributed by atoms with Gasteiger partial charge in [-0.1, -0.05) is 0 Å². The van der Waals surface area contributed by atoms with Crippen molar-refractivity contribution < 1.29 is 0 Å². The number of anilines is 1. The lowest BCUT2D eigenvalue weighted by Crippen LogP contribution is -2.08. The van der Waals surface area contributed by atoms with Crippen LogP contribution in [0.1, 0.15) is 12.0 Å². The Morgan fingerprint density at radius 3 is 3.56 bits per heavy atom. The van der Waals surface area contributed by atoms with Crippen LogP contribution in [0.25, 0.3) is 0 Å². The van der Waals surface area contributed by atoms with E-state index in [1.807, 2.05) is 6.20 Å². The highest BCUT2D eigenvalue weighted by Gasteiger charge is 2.08. The maximum Gasteiger partial charge on any atom is 0.112 e. The fourth-order valence-corrected chi connectivity index (χ4v) is 1.79. The zero-order chi connectivity index (χ0) is 6.10. The smallest absolute Gasteiger partial charge is 0.112 e. The molecule has 0 aromatic carbocycles. The summed E-state index contributed by atoms with van der Waals surface area (Å²) in [5.74, 6) is 0. The fraction of sp³-hybridized carbons (Fsp3) is 0.500. The molecule has 0 aliphatic carbocycles. The van der Waals surface area contributed by atoms with Gasteiger partial charge in [-0.3, -0.25) is 0 Å². The summed E-state index contributed by atoms with van der Waals surface area (Å²) in [6.45, 7) is 1.12. The minimum Gasteiger partial charge on any atom is -0.375 e. The predicted molar refractivity (Wildman–Crippen MR) is 38.9 cm³/mol. The third-order valence-corrected chi connectivity index (χ3v) is 2.35. The van der Waals surface area contributed by atoms with Crippen LogP contribution in [0.5, 0.6) is 0 Å². The second kappa shape index (κ2) is 1.99. The van der Waals surface area contributed by atoms with Crippen LogP contribution in [0, 0.1) is 0 Å². The third-order valence-electron chi connectivity index (χ3n) is 1.55. The van der Waals surface area contributed by atoms with Crippen molar-refractivity contribution in [2.45, 2.75) is 12.8 Å². The van der Waals surface area contributed by atoms with Crippen molar-refractivity contribution in [1.82, 2.24) is 4.37 Å². The molecule has 1 aliphatic heterocycles. The number of hydrogen-bond acceptors (Lipinski definition) is 3. The highest BCUT2D eigenvalue weighted by Crippen LogP contribution is 2.24. The highest BCUT2D eigenvalue weighted by atomic mass is 32.1. The third kappa shape index (κ3) is 0.812. The van der Waals surface area contributed by atoms with Crippen molar-refractivity contribution in [1.29, 1.82) is 0 Å². The molecule has 0 spiro atoms. The number of hydrogen-bond donors (Lipinski definition) is 1. The van der Waals surface area contributed by atoms with Crippen molar-refractivity contribution in [3.8, 4) is 0 Å². The topological polar surface area (TPSA) is 24.9 Å². The number of rotatable bonds is 0. The van der Waals surface area contributed by atoms with Gasteiger partial charge >= 0.3 is 0 Å². The van der Waals surface area contributed by atoms with Gasteiger partial charge in [0.05, 0.1) is 0 Å².